The van der Waals surface area contributed by atoms with Crippen LogP contribution in [-0.2, 0) is 17.1 Å². The van der Waals surface area contributed by atoms with Crippen molar-refractivity contribution in [2.45, 2.75) is 31.1 Å². The standard InChI is InChI=1S/C20H26N6O2S/c1-4-15(2)16-5-7-17(8-6-16)29(27,28)26-11-9-25(10-12-26)20-18-13-23-24(3)19(18)21-14-22-20/h5-8,13-15H,4,9-12H2,1-3H3. The second-order valence-corrected chi connectivity index (χ2v) is 9.41. The zero-order valence-electron chi connectivity index (χ0n) is 17.0. The maximum Gasteiger partial charge on any atom is 0.243 e. The number of hydrogen-bond donors (Lipinski definition) is 0. The largest absolute Gasteiger partial charge is 0.353 e. The number of aryl methyl sites for hydroxylation is 1. The Morgan fingerprint density at radius 2 is 1.76 bits per heavy atom. The van der Waals surface area contributed by atoms with E-state index in [1.54, 1.807) is 27.3 Å². The molecule has 0 aliphatic carbocycles. The van der Waals surface area contributed by atoms with Crippen molar-refractivity contribution in [3.05, 3.63) is 42.4 Å². The first-order chi connectivity index (χ1) is 13.9. The monoisotopic (exact) mass is 414 g/mol. The zero-order valence-corrected chi connectivity index (χ0v) is 17.8. The summed E-state index contributed by atoms with van der Waals surface area (Å²) < 4.78 is 29.4. The smallest absolute Gasteiger partial charge is 0.243 e. The van der Waals surface area contributed by atoms with Crippen molar-refractivity contribution >= 4 is 26.9 Å². The molecule has 0 amide bonds. The highest BCUT2D eigenvalue weighted by molar-refractivity contribution is 7.89. The Morgan fingerprint density at radius 3 is 2.41 bits per heavy atom. The van der Waals surface area contributed by atoms with Crippen molar-refractivity contribution in [3.8, 4) is 0 Å². The molecule has 0 radical (unpaired) electrons. The molecule has 0 spiro atoms. The second kappa shape index (κ2) is 7.72. The fraction of sp³-hybridized carbons (Fsp3) is 0.450. The maximum absolute atomic E-state index is 13.1. The van der Waals surface area contributed by atoms with E-state index in [2.05, 4.69) is 33.8 Å². The first-order valence-corrected chi connectivity index (χ1v) is 11.3. The Morgan fingerprint density at radius 1 is 1.07 bits per heavy atom. The minimum absolute atomic E-state index is 0.356. The Balaban J connectivity index is 1.50. The zero-order chi connectivity index (χ0) is 20.6. The molecule has 29 heavy (non-hydrogen) atoms. The second-order valence-electron chi connectivity index (χ2n) is 7.47. The Labute approximate surface area is 171 Å². The molecule has 4 rings (SSSR count). The van der Waals surface area contributed by atoms with Crippen molar-refractivity contribution in [3.63, 3.8) is 0 Å². The predicted octanol–water partition coefficient (Wildman–Crippen LogP) is 2.39. The van der Waals surface area contributed by atoms with Gasteiger partial charge in [0.15, 0.2) is 5.65 Å². The number of rotatable bonds is 5. The highest BCUT2D eigenvalue weighted by Crippen LogP contribution is 2.26. The topological polar surface area (TPSA) is 84.2 Å². The van der Waals surface area contributed by atoms with Crippen LogP contribution in [0.2, 0.25) is 0 Å². The van der Waals surface area contributed by atoms with Gasteiger partial charge in [-0.15, -0.1) is 0 Å². The van der Waals surface area contributed by atoms with Gasteiger partial charge in [-0.05, 0) is 30.0 Å². The van der Waals surface area contributed by atoms with Crippen LogP contribution in [0.1, 0.15) is 31.7 Å². The molecule has 1 aliphatic heterocycles. The van der Waals surface area contributed by atoms with E-state index in [0.717, 1.165) is 23.3 Å². The van der Waals surface area contributed by atoms with Crippen LogP contribution in [0.3, 0.4) is 0 Å². The van der Waals surface area contributed by atoms with Crippen molar-refractivity contribution in [2.75, 3.05) is 31.1 Å². The number of fused-ring (bicyclic) bond motifs is 1. The van der Waals surface area contributed by atoms with Crippen LogP contribution >= 0.6 is 0 Å². The van der Waals surface area contributed by atoms with Crippen LogP contribution in [0.25, 0.3) is 11.0 Å². The molecule has 1 atom stereocenters. The lowest BCUT2D eigenvalue weighted by atomic mass is 9.99. The van der Waals surface area contributed by atoms with E-state index in [0.29, 0.717) is 37.0 Å². The van der Waals surface area contributed by atoms with Gasteiger partial charge in [-0.2, -0.15) is 9.40 Å². The lowest BCUT2D eigenvalue weighted by Crippen LogP contribution is -2.49. The highest BCUT2D eigenvalue weighted by Gasteiger charge is 2.29. The molecular formula is C20H26N6O2S. The number of benzene rings is 1. The van der Waals surface area contributed by atoms with Crippen LogP contribution in [0, 0.1) is 0 Å². The average molecular weight is 415 g/mol. The van der Waals surface area contributed by atoms with E-state index in [1.807, 2.05) is 19.2 Å². The number of anilines is 1. The first kappa shape index (κ1) is 19.8. The van der Waals surface area contributed by atoms with Gasteiger partial charge in [-0.25, -0.2) is 18.4 Å². The van der Waals surface area contributed by atoms with Gasteiger partial charge < -0.3 is 4.90 Å². The van der Waals surface area contributed by atoms with Crippen LogP contribution in [0.5, 0.6) is 0 Å². The van der Waals surface area contributed by atoms with E-state index >= 15 is 0 Å². The molecule has 1 aliphatic rings. The summed E-state index contributed by atoms with van der Waals surface area (Å²) in [7, 11) is -1.65. The Bertz CT molecular complexity index is 1100. The molecule has 1 aromatic carbocycles. The summed E-state index contributed by atoms with van der Waals surface area (Å²) in [6.45, 7) is 6.26. The fourth-order valence-corrected chi connectivity index (χ4v) is 5.12. The normalized spacial score (nSPS) is 17.0. The van der Waals surface area contributed by atoms with Crippen LogP contribution < -0.4 is 4.90 Å². The summed E-state index contributed by atoms with van der Waals surface area (Å²) in [5, 5.41) is 5.13. The molecule has 1 unspecified atom stereocenters. The predicted molar refractivity (Wildman–Crippen MR) is 112 cm³/mol. The summed E-state index contributed by atoms with van der Waals surface area (Å²) in [6.07, 6.45) is 4.31. The molecule has 3 heterocycles. The van der Waals surface area contributed by atoms with Crippen molar-refractivity contribution in [1.29, 1.82) is 0 Å². The van der Waals surface area contributed by atoms with E-state index in [-0.39, 0.29) is 0 Å². The highest BCUT2D eigenvalue weighted by atomic mass is 32.2. The Hall–Kier alpha value is -2.52. The minimum atomic E-state index is -3.50. The van der Waals surface area contributed by atoms with Gasteiger partial charge in [0.25, 0.3) is 0 Å². The molecule has 8 nitrogen and oxygen atoms in total. The summed E-state index contributed by atoms with van der Waals surface area (Å²) >= 11 is 0. The van der Waals surface area contributed by atoms with Crippen LogP contribution in [0.4, 0.5) is 5.82 Å². The SMILES string of the molecule is CCC(C)c1ccc(S(=O)(=O)N2CCN(c3ncnc4c3cnn4C)CC2)cc1. The minimum Gasteiger partial charge on any atom is -0.353 e. The van der Waals surface area contributed by atoms with E-state index < -0.39 is 10.0 Å². The third-order valence-electron chi connectivity index (χ3n) is 5.75. The van der Waals surface area contributed by atoms with E-state index in [9.17, 15) is 8.42 Å². The van der Waals surface area contributed by atoms with Gasteiger partial charge in [0.2, 0.25) is 10.0 Å². The first-order valence-electron chi connectivity index (χ1n) is 9.89. The van der Waals surface area contributed by atoms with Gasteiger partial charge in [0.05, 0.1) is 16.5 Å². The van der Waals surface area contributed by atoms with Crippen molar-refractivity contribution in [2.24, 2.45) is 7.05 Å². The summed E-state index contributed by atoms with van der Waals surface area (Å²) in [5.41, 5.74) is 1.94. The lowest BCUT2D eigenvalue weighted by Gasteiger charge is -2.34. The van der Waals surface area contributed by atoms with Crippen LogP contribution in [0.15, 0.2) is 41.7 Å². The van der Waals surface area contributed by atoms with Gasteiger partial charge in [0.1, 0.15) is 12.1 Å². The summed E-state index contributed by atoms with van der Waals surface area (Å²) in [6, 6.07) is 7.31. The molecular weight excluding hydrogens is 388 g/mol. The van der Waals surface area contributed by atoms with Gasteiger partial charge in [0, 0.05) is 33.2 Å². The molecule has 0 N–H and O–H groups in total. The average Bonchev–Trinajstić information content (AvgIpc) is 3.14. The maximum atomic E-state index is 13.1. The number of hydrogen-bond acceptors (Lipinski definition) is 6. The number of sulfonamides is 1. The number of aromatic nitrogens is 4. The molecule has 2 aromatic heterocycles. The third-order valence-corrected chi connectivity index (χ3v) is 7.66. The lowest BCUT2D eigenvalue weighted by molar-refractivity contribution is 0.384. The Kier molecular flexibility index (Phi) is 5.26. The van der Waals surface area contributed by atoms with Gasteiger partial charge in [-0.3, -0.25) is 4.68 Å². The van der Waals surface area contributed by atoms with E-state index in [4.69, 9.17) is 0 Å². The van der Waals surface area contributed by atoms with Gasteiger partial charge >= 0.3 is 0 Å². The van der Waals surface area contributed by atoms with Crippen molar-refractivity contribution in [1.82, 2.24) is 24.1 Å². The van der Waals surface area contributed by atoms with Gasteiger partial charge in [-0.1, -0.05) is 26.0 Å². The molecule has 0 saturated carbocycles. The van der Waals surface area contributed by atoms with Crippen molar-refractivity contribution < 1.29 is 8.42 Å². The summed E-state index contributed by atoms with van der Waals surface area (Å²) in [4.78, 5) is 11.1. The number of piperazine rings is 1. The van der Waals surface area contributed by atoms with Crippen LogP contribution in [-0.4, -0.2) is 58.7 Å². The molecule has 1 saturated heterocycles. The summed E-state index contributed by atoms with van der Waals surface area (Å²) in [5.74, 6) is 1.23. The molecule has 154 valence electrons. The fourth-order valence-electron chi connectivity index (χ4n) is 3.70. The number of nitrogens with zero attached hydrogens (tertiary/aromatic N) is 6. The quantitative estimate of drug-likeness (QED) is 0.637. The third kappa shape index (κ3) is 3.60. The molecule has 9 heteroatoms. The molecule has 1 fully saturated rings. The molecule has 0 bridgehead atoms. The van der Waals surface area contributed by atoms with E-state index in [1.165, 1.54) is 11.9 Å². The molecule has 3 aromatic rings.